The Bertz CT molecular complexity index is 519. The van der Waals surface area contributed by atoms with Gasteiger partial charge in [0.15, 0.2) is 5.82 Å². The molecule has 1 heterocycles. The van der Waals surface area contributed by atoms with E-state index in [4.69, 9.17) is 17.3 Å². The standard InChI is InChI=1S/C13H14ClN3O/c14-12-7-6-10(15)13(17-12)16-11(8-18)9-4-2-1-3-5-9/h1-7,11,18H,8,15H2,(H,16,17). The molecule has 1 unspecified atom stereocenters. The number of aliphatic hydroxyl groups excluding tert-OH is 1. The van der Waals surface area contributed by atoms with Crippen LogP contribution in [0.5, 0.6) is 0 Å². The van der Waals surface area contributed by atoms with E-state index in [1.165, 1.54) is 0 Å². The van der Waals surface area contributed by atoms with E-state index in [0.717, 1.165) is 5.56 Å². The van der Waals surface area contributed by atoms with Crippen LogP contribution in [0.25, 0.3) is 0 Å². The third-order valence-electron chi connectivity index (χ3n) is 2.59. The average Bonchev–Trinajstić information content (AvgIpc) is 2.41. The molecule has 0 saturated heterocycles. The Balaban J connectivity index is 2.23. The number of aromatic nitrogens is 1. The van der Waals surface area contributed by atoms with Crippen molar-refractivity contribution in [3.63, 3.8) is 0 Å². The molecule has 0 bridgehead atoms. The molecule has 1 aromatic carbocycles. The highest BCUT2D eigenvalue weighted by molar-refractivity contribution is 6.29. The van der Waals surface area contributed by atoms with E-state index in [1.54, 1.807) is 12.1 Å². The number of hydrogen-bond acceptors (Lipinski definition) is 4. The number of aliphatic hydroxyl groups is 1. The van der Waals surface area contributed by atoms with Crippen LogP contribution in [-0.4, -0.2) is 16.7 Å². The Morgan fingerprint density at radius 2 is 1.94 bits per heavy atom. The second-order valence-corrected chi connectivity index (χ2v) is 4.25. The van der Waals surface area contributed by atoms with Gasteiger partial charge in [0.2, 0.25) is 0 Å². The predicted molar refractivity (Wildman–Crippen MR) is 73.6 cm³/mol. The summed E-state index contributed by atoms with van der Waals surface area (Å²) in [5.41, 5.74) is 7.26. The maximum atomic E-state index is 9.44. The Hall–Kier alpha value is -1.78. The Kier molecular flexibility index (Phi) is 4.02. The van der Waals surface area contributed by atoms with Crippen LogP contribution in [0.4, 0.5) is 11.5 Å². The summed E-state index contributed by atoms with van der Waals surface area (Å²) in [4.78, 5) is 4.10. The van der Waals surface area contributed by atoms with Crippen LogP contribution in [0.3, 0.4) is 0 Å². The van der Waals surface area contributed by atoms with Crippen molar-refractivity contribution in [2.45, 2.75) is 6.04 Å². The molecule has 0 aliphatic heterocycles. The van der Waals surface area contributed by atoms with E-state index in [-0.39, 0.29) is 12.6 Å². The zero-order valence-corrected chi connectivity index (χ0v) is 10.4. The van der Waals surface area contributed by atoms with Gasteiger partial charge in [0, 0.05) is 0 Å². The van der Waals surface area contributed by atoms with Gasteiger partial charge in [-0.1, -0.05) is 41.9 Å². The molecule has 0 aliphatic carbocycles. The average molecular weight is 264 g/mol. The fourth-order valence-corrected chi connectivity index (χ4v) is 1.79. The first kappa shape index (κ1) is 12.7. The van der Waals surface area contributed by atoms with Crippen molar-refractivity contribution in [1.29, 1.82) is 0 Å². The van der Waals surface area contributed by atoms with Crippen molar-refractivity contribution in [2.75, 3.05) is 17.7 Å². The first-order valence-corrected chi connectivity index (χ1v) is 5.93. The van der Waals surface area contributed by atoms with Crippen LogP contribution in [0.15, 0.2) is 42.5 Å². The molecule has 0 amide bonds. The molecule has 2 aromatic rings. The lowest BCUT2D eigenvalue weighted by Gasteiger charge is -2.18. The number of nitrogens with one attached hydrogen (secondary N) is 1. The minimum atomic E-state index is -0.264. The number of nitrogens with two attached hydrogens (primary N) is 1. The fourth-order valence-electron chi connectivity index (χ4n) is 1.65. The van der Waals surface area contributed by atoms with Crippen molar-refractivity contribution >= 4 is 23.1 Å². The Morgan fingerprint density at radius 1 is 1.22 bits per heavy atom. The highest BCUT2D eigenvalue weighted by atomic mass is 35.5. The molecule has 5 heteroatoms. The highest BCUT2D eigenvalue weighted by Gasteiger charge is 2.12. The summed E-state index contributed by atoms with van der Waals surface area (Å²) in [7, 11) is 0. The Labute approximate surface area is 110 Å². The number of benzene rings is 1. The molecule has 2 rings (SSSR count). The van der Waals surface area contributed by atoms with Gasteiger partial charge in [-0.25, -0.2) is 4.98 Å². The number of rotatable bonds is 4. The van der Waals surface area contributed by atoms with Gasteiger partial charge in [0.05, 0.1) is 18.3 Å². The largest absolute Gasteiger partial charge is 0.396 e. The van der Waals surface area contributed by atoms with Gasteiger partial charge in [0.1, 0.15) is 5.15 Å². The second kappa shape index (κ2) is 5.71. The number of hydrogen-bond donors (Lipinski definition) is 3. The third kappa shape index (κ3) is 2.91. The third-order valence-corrected chi connectivity index (χ3v) is 2.80. The number of nitrogen functional groups attached to an aromatic ring is 1. The lowest BCUT2D eigenvalue weighted by molar-refractivity contribution is 0.276. The van der Waals surface area contributed by atoms with Crippen molar-refractivity contribution < 1.29 is 5.11 Å². The molecule has 1 aromatic heterocycles. The molecule has 4 N–H and O–H groups in total. The maximum absolute atomic E-state index is 9.44. The summed E-state index contributed by atoms with van der Waals surface area (Å²) in [6, 6.07) is 12.6. The van der Waals surface area contributed by atoms with E-state index >= 15 is 0 Å². The van der Waals surface area contributed by atoms with Crippen LogP contribution >= 0.6 is 11.6 Å². The Morgan fingerprint density at radius 3 is 2.61 bits per heavy atom. The normalized spacial score (nSPS) is 12.1. The van der Waals surface area contributed by atoms with Gasteiger partial charge >= 0.3 is 0 Å². The number of nitrogens with zero attached hydrogens (tertiary/aromatic N) is 1. The summed E-state index contributed by atoms with van der Waals surface area (Å²) in [5.74, 6) is 0.477. The van der Waals surface area contributed by atoms with Crippen molar-refractivity contribution in [3.05, 3.63) is 53.2 Å². The van der Waals surface area contributed by atoms with Crippen molar-refractivity contribution in [2.24, 2.45) is 0 Å². The van der Waals surface area contributed by atoms with Gasteiger partial charge in [-0.15, -0.1) is 0 Å². The molecule has 4 nitrogen and oxygen atoms in total. The van der Waals surface area contributed by atoms with E-state index < -0.39 is 0 Å². The number of halogens is 1. The van der Waals surface area contributed by atoms with Crippen molar-refractivity contribution in [1.82, 2.24) is 4.98 Å². The first-order valence-electron chi connectivity index (χ1n) is 5.55. The molecule has 0 saturated carbocycles. The summed E-state index contributed by atoms with van der Waals surface area (Å²) >= 11 is 5.82. The van der Waals surface area contributed by atoms with Crippen molar-refractivity contribution in [3.8, 4) is 0 Å². The molecule has 0 aliphatic rings. The lowest BCUT2D eigenvalue weighted by atomic mass is 10.1. The maximum Gasteiger partial charge on any atom is 0.151 e. The SMILES string of the molecule is Nc1ccc(Cl)nc1NC(CO)c1ccccc1. The van der Waals surface area contributed by atoms with E-state index in [0.29, 0.717) is 16.7 Å². The van der Waals surface area contributed by atoms with Gasteiger partial charge in [-0.2, -0.15) is 0 Å². The van der Waals surface area contributed by atoms with Crippen LogP contribution in [-0.2, 0) is 0 Å². The molecular weight excluding hydrogens is 250 g/mol. The van der Waals surface area contributed by atoms with Crippen LogP contribution in [0, 0.1) is 0 Å². The number of pyridine rings is 1. The van der Waals surface area contributed by atoms with Gasteiger partial charge in [-0.3, -0.25) is 0 Å². The predicted octanol–water partition coefficient (Wildman–Crippen LogP) is 2.46. The quantitative estimate of drug-likeness (QED) is 0.741. The summed E-state index contributed by atoms with van der Waals surface area (Å²) in [6.45, 7) is -0.0579. The molecule has 18 heavy (non-hydrogen) atoms. The topological polar surface area (TPSA) is 71.2 Å². The van der Waals surface area contributed by atoms with Crippen LogP contribution in [0.1, 0.15) is 11.6 Å². The monoisotopic (exact) mass is 263 g/mol. The lowest BCUT2D eigenvalue weighted by Crippen LogP contribution is -2.16. The summed E-state index contributed by atoms with van der Waals surface area (Å²) in [5, 5.41) is 12.9. The molecule has 0 radical (unpaired) electrons. The highest BCUT2D eigenvalue weighted by Crippen LogP contribution is 2.23. The van der Waals surface area contributed by atoms with Gasteiger partial charge in [-0.05, 0) is 17.7 Å². The first-order chi connectivity index (χ1) is 8.70. The van der Waals surface area contributed by atoms with Crippen LogP contribution in [0.2, 0.25) is 5.15 Å². The van der Waals surface area contributed by atoms with Crippen LogP contribution < -0.4 is 11.1 Å². The molecule has 0 fully saturated rings. The fraction of sp³-hybridized carbons (Fsp3) is 0.154. The molecular formula is C13H14ClN3O. The molecule has 1 atom stereocenters. The molecule has 0 spiro atoms. The minimum Gasteiger partial charge on any atom is -0.396 e. The van der Waals surface area contributed by atoms with E-state index in [9.17, 15) is 5.11 Å². The molecule has 94 valence electrons. The minimum absolute atomic E-state index is 0.0579. The zero-order chi connectivity index (χ0) is 13.0. The van der Waals surface area contributed by atoms with Gasteiger partial charge in [0.25, 0.3) is 0 Å². The smallest absolute Gasteiger partial charge is 0.151 e. The second-order valence-electron chi connectivity index (χ2n) is 3.86. The van der Waals surface area contributed by atoms with E-state index in [2.05, 4.69) is 10.3 Å². The van der Waals surface area contributed by atoms with Gasteiger partial charge < -0.3 is 16.2 Å². The number of anilines is 2. The zero-order valence-electron chi connectivity index (χ0n) is 9.68. The summed E-state index contributed by atoms with van der Waals surface area (Å²) < 4.78 is 0. The van der Waals surface area contributed by atoms with E-state index in [1.807, 2.05) is 30.3 Å². The summed E-state index contributed by atoms with van der Waals surface area (Å²) in [6.07, 6.45) is 0.